The van der Waals surface area contributed by atoms with Gasteiger partial charge in [0.1, 0.15) is 6.29 Å². The van der Waals surface area contributed by atoms with Gasteiger partial charge in [-0.25, -0.2) is 4.98 Å². The maximum atomic E-state index is 11.8. The zero-order chi connectivity index (χ0) is 17.6. The summed E-state index contributed by atoms with van der Waals surface area (Å²) >= 11 is 0. The molecule has 7 heteroatoms. The highest BCUT2D eigenvalue weighted by Gasteiger charge is 2.19. The van der Waals surface area contributed by atoms with Crippen LogP contribution >= 0.6 is 0 Å². The van der Waals surface area contributed by atoms with Crippen LogP contribution in [0.15, 0.2) is 42.7 Å². The van der Waals surface area contributed by atoms with Crippen LogP contribution in [0.3, 0.4) is 0 Å². The Morgan fingerprint density at radius 2 is 2.20 bits per heavy atom. The Kier molecular flexibility index (Phi) is 5.03. The van der Waals surface area contributed by atoms with Gasteiger partial charge in [-0.1, -0.05) is 0 Å². The van der Waals surface area contributed by atoms with Gasteiger partial charge in [-0.3, -0.25) is 14.6 Å². The first-order valence-electron chi connectivity index (χ1n) is 8.04. The van der Waals surface area contributed by atoms with Crippen LogP contribution in [0.4, 0.5) is 5.69 Å². The maximum Gasteiger partial charge on any atom is 0.287 e. The van der Waals surface area contributed by atoms with E-state index in [1.54, 1.807) is 30.6 Å². The first kappa shape index (κ1) is 16.6. The van der Waals surface area contributed by atoms with Gasteiger partial charge in [0, 0.05) is 38.1 Å². The number of aromatic nitrogens is 3. The Hall–Kier alpha value is -3.22. The van der Waals surface area contributed by atoms with Crippen molar-refractivity contribution in [2.24, 2.45) is 0 Å². The third-order valence-electron chi connectivity index (χ3n) is 3.91. The lowest BCUT2D eigenvalue weighted by molar-refractivity contribution is 0.0946. The highest BCUT2D eigenvalue weighted by atomic mass is 16.2. The van der Waals surface area contributed by atoms with Crippen LogP contribution in [0.2, 0.25) is 0 Å². The molecule has 1 aromatic carbocycles. The first-order chi connectivity index (χ1) is 12.2. The molecule has 7 nitrogen and oxygen atoms in total. The number of hydrogen-bond donors (Lipinski definition) is 2. The molecule has 2 aromatic heterocycles. The molecular weight excluding hydrogens is 318 g/mol. The molecular formula is C18H19N5O2. The summed E-state index contributed by atoms with van der Waals surface area (Å²) in [7, 11) is 1.87. The van der Waals surface area contributed by atoms with E-state index in [2.05, 4.69) is 20.6 Å². The van der Waals surface area contributed by atoms with E-state index < -0.39 is 0 Å². The Balaban J connectivity index is 0.000000192. The van der Waals surface area contributed by atoms with Gasteiger partial charge in [-0.2, -0.15) is 0 Å². The molecule has 0 bridgehead atoms. The number of nitrogens with one attached hydrogen (secondary N) is 2. The van der Waals surface area contributed by atoms with Crippen molar-refractivity contribution in [2.75, 3.05) is 18.9 Å². The van der Waals surface area contributed by atoms with E-state index in [1.807, 2.05) is 23.7 Å². The molecule has 2 N–H and O–H groups in total. The summed E-state index contributed by atoms with van der Waals surface area (Å²) in [4.78, 5) is 30.7. The number of carbonyl (C=O) groups is 2. The number of imidazole rings is 1. The number of hydrogen-bond acceptors (Lipinski definition) is 5. The molecule has 128 valence electrons. The van der Waals surface area contributed by atoms with Crippen molar-refractivity contribution in [3.05, 3.63) is 54.1 Å². The Morgan fingerprint density at radius 1 is 1.32 bits per heavy atom. The summed E-state index contributed by atoms with van der Waals surface area (Å²) in [5.74, 6) is 0.284. The molecule has 3 heterocycles. The lowest BCUT2D eigenvalue weighted by atomic mass is 10.2. The van der Waals surface area contributed by atoms with Gasteiger partial charge in [0.15, 0.2) is 5.82 Å². The number of rotatable bonds is 2. The molecule has 1 amide bonds. The number of nitrogens with zero attached hydrogens (tertiary/aromatic N) is 3. The van der Waals surface area contributed by atoms with Crippen LogP contribution in [0.25, 0.3) is 11.0 Å². The average Bonchev–Trinajstić information content (AvgIpc) is 2.94. The van der Waals surface area contributed by atoms with E-state index in [9.17, 15) is 9.59 Å². The third kappa shape index (κ3) is 3.65. The average molecular weight is 337 g/mol. The van der Waals surface area contributed by atoms with Crippen LogP contribution in [-0.4, -0.2) is 40.3 Å². The number of fused-ring (bicyclic) bond motifs is 3. The predicted octanol–water partition coefficient (Wildman–Crippen LogP) is 2.11. The first-order valence-corrected chi connectivity index (χ1v) is 8.04. The fraction of sp³-hybridized carbons (Fsp3) is 0.222. The van der Waals surface area contributed by atoms with Gasteiger partial charge in [-0.15, -0.1) is 0 Å². The molecule has 0 aliphatic carbocycles. The monoisotopic (exact) mass is 337 g/mol. The molecule has 0 saturated carbocycles. The molecule has 0 atom stereocenters. The number of amides is 1. The van der Waals surface area contributed by atoms with Crippen LogP contribution in [0.5, 0.6) is 0 Å². The van der Waals surface area contributed by atoms with Crippen molar-refractivity contribution in [3.8, 4) is 0 Å². The summed E-state index contributed by atoms with van der Waals surface area (Å²) in [6.07, 6.45) is 5.20. The summed E-state index contributed by atoms with van der Waals surface area (Å²) in [5.41, 5.74) is 3.25. The van der Waals surface area contributed by atoms with Crippen LogP contribution in [0, 0.1) is 0 Å². The number of aryl methyl sites for hydroxylation is 1. The summed E-state index contributed by atoms with van der Waals surface area (Å²) in [5, 5.41) is 5.76. The minimum absolute atomic E-state index is 0.147. The molecule has 1 aliphatic heterocycles. The quantitative estimate of drug-likeness (QED) is 0.699. The SMILES string of the molecule is CNc1cccnc1.O=Cc1ccc2nc3n(c2c1)CCCNC3=O. The molecule has 3 aromatic rings. The van der Waals surface area contributed by atoms with E-state index in [0.717, 1.165) is 36.0 Å². The predicted molar refractivity (Wildman–Crippen MR) is 95.9 cm³/mol. The number of anilines is 1. The van der Waals surface area contributed by atoms with Crippen molar-refractivity contribution in [1.29, 1.82) is 0 Å². The second-order valence-corrected chi connectivity index (χ2v) is 5.55. The largest absolute Gasteiger partial charge is 0.387 e. The molecule has 4 rings (SSSR count). The van der Waals surface area contributed by atoms with Gasteiger partial charge in [0.05, 0.1) is 16.7 Å². The van der Waals surface area contributed by atoms with Crippen LogP contribution < -0.4 is 10.6 Å². The highest BCUT2D eigenvalue weighted by Crippen LogP contribution is 2.19. The maximum absolute atomic E-state index is 11.8. The molecule has 0 unspecified atom stereocenters. The summed E-state index contributed by atoms with van der Waals surface area (Å²) in [6, 6.07) is 9.12. The molecule has 0 spiro atoms. The second kappa shape index (κ2) is 7.57. The van der Waals surface area contributed by atoms with E-state index in [0.29, 0.717) is 17.9 Å². The fourth-order valence-corrected chi connectivity index (χ4v) is 2.64. The van der Waals surface area contributed by atoms with E-state index in [4.69, 9.17) is 0 Å². The third-order valence-corrected chi connectivity index (χ3v) is 3.91. The Labute approximate surface area is 145 Å². The van der Waals surface area contributed by atoms with E-state index >= 15 is 0 Å². The number of aldehydes is 1. The van der Waals surface area contributed by atoms with Gasteiger partial charge in [-0.05, 0) is 36.8 Å². The second-order valence-electron chi connectivity index (χ2n) is 5.55. The van der Waals surface area contributed by atoms with Crippen molar-refractivity contribution >= 4 is 28.9 Å². The van der Waals surface area contributed by atoms with Crippen molar-refractivity contribution < 1.29 is 9.59 Å². The topological polar surface area (TPSA) is 88.9 Å². The van der Waals surface area contributed by atoms with E-state index in [-0.39, 0.29) is 5.91 Å². The summed E-state index contributed by atoms with van der Waals surface area (Å²) < 4.78 is 1.88. The minimum Gasteiger partial charge on any atom is -0.387 e. The number of pyridine rings is 1. The van der Waals surface area contributed by atoms with Gasteiger partial charge in [0.25, 0.3) is 5.91 Å². The summed E-state index contributed by atoms with van der Waals surface area (Å²) in [6.45, 7) is 1.41. The van der Waals surface area contributed by atoms with Crippen LogP contribution in [0.1, 0.15) is 27.4 Å². The molecule has 1 aliphatic rings. The standard InChI is InChI=1S/C12H11N3O2.C6H8N2/c16-7-8-2-3-9-10(6-8)15-5-1-4-13-12(17)11(15)14-9;1-7-6-3-2-4-8-5-6/h2-3,6-7H,1,4-5H2,(H,13,17);2-5,7H,1H3. The number of benzene rings is 1. The lowest BCUT2D eigenvalue weighted by Gasteiger charge is -2.02. The van der Waals surface area contributed by atoms with Crippen molar-refractivity contribution in [3.63, 3.8) is 0 Å². The highest BCUT2D eigenvalue weighted by molar-refractivity contribution is 5.96. The fourth-order valence-electron chi connectivity index (χ4n) is 2.64. The zero-order valence-corrected chi connectivity index (χ0v) is 13.9. The minimum atomic E-state index is -0.147. The molecule has 0 fully saturated rings. The van der Waals surface area contributed by atoms with Gasteiger partial charge < -0.3 is 15.2 Å². The van der Waals surface area contributed by atoms with Crippen molar-refractivity contribution in [1.82, 2.24) is 19.9 Å². The molecule has 0 radical (unpaired) electrons. The molecule has 0 saturated heterocycles. The Bertz CT molecular complexity index is 889. The normalized spacial score (nSPS) is 13.1. The zero-order valence-electron chi connectivity index (χ0n) is 13.9. The molecule has 25 heavy (non-hydrogen) atoms. The van der Waals surface area contributed by atoms with Gasteiger partial charge in [0.2, 0.25) is 0 Å². The van der Waals surface area contributed by atoms with E-state index in [1.165, 1.54) is 0 Å². The van der Waals surface area contributed by atoms with Crippen molar-refractivity contribution in [2.45, 2.75) is 13.0 Å². The van der Waals surface area contributed by atoms with Crippen LogP contribution in [-0.2, 0) is 6.54 Å². The van der Waals surface area contributed by atoms with Gasteiger partial charge >= 0.3 is 0 Å². The lowest BCUT2D eigenvalue weighted by Crippen LogP contribution is -2.23. The smallest absolute Gasteiger partial charge is 0.287 e. The Morgan fingerprint density at radius 3 is 2.88 bits per heavy atom. The number of carbonyl (C=O) groups excluding carboxylic acids is 2.